The third kappa shape index (κ3) is 3.69. The Bertz CT molecular complexity index is 920. The zero-order chi connectivity index (χ0) is 27.1. The number of fused-ring (bicyclic) bond motifs is 7. The zero-order valence-electron chi connectivity index (χ0n) is 25.6. The first-order valence-corrected chi connectivity index (χ1v) is 16.5. The second-order valence-electron chi connectivity index (χ2n) is 16.5. The van der Waals surface area contributed by atoms with Crippen LogP contribution in [0.4, 0.5) is 0 Å². The van der Waals surface area contributed by atoms with Crippen molar-refractivity contribution in [3.8, 4) is 0 Å². The Morgan fingerprint density at radius 2 is 1.63 bits per heavy atom. The average Bonchev–Trinajstić information content (AvgIpc) is 3.27. The Labute approximate surface area is 233 Å². The summed E-state index contributed by atoms with van der Waals surface area (Å²) in [6, 6.07) is 0. The lowest BCUT2D eigenvalue weighted by atomic mass is 9.32. The number of aliphatic hydroxyl groups is 1. The normalized spacial score (nSPS) is 53.8. The van der Waals surface area contributed by atoms with Gasteiger partial charge in [-0.1, -0.05) is 46.8 Å². The summed E-state index contributed by atoms with van der Waals surface area (Å²) >= 11 is 0. The molecule has 0 aromatic heterocycles. The van der Waals surface area contributed by atoms with E-state index < -0.39 is 0 Å². The lowest BCUT2D eigenvalue weighted by molar-refractivity contribution is -0.274. The molecule has 3 heteroatoms. The van der Waals surface area contributed by atoms with Gasteiger partial charge in [0.15, 0.2) is 6.29 Å². The fraction of sp³-hybridized carbons (Fsp3) is 0.943. The molecule has 1 N–H and O–H groups in total. The molecule has 38 heavy (non-hydrogen) atoms. The minimum atomic E-state index is 0.0160. The van der Waals surface area contributed by atoms with Crippen LogP contribution in [0, 0.1) is 56.7 Å². The number of allylic oxidation sites excluding steroid dienone is 1. The Morgan fingerprint density at radius 1 is 0.842 bits per heavy atom. The monoisotopic (exact) mass is 526 g/mol. The molecule has 0 amide bonds. The van der Waals surface area contributed by atoms with Crippen LogP contribution < -0.4 is 0 Å². The highest BCUT2D eigenvalue weighted by atomic mass is 16.7. The van der Waals surface area contributed by atoms with Crippen LogP contribution in [0.25, 0.3) is 0 Å². The molecule has 0 spiro atoms. The Kier molecular flexibility index (Phi) is 6.81. The van der Waals surface area contributed by atoms with Crippen molar-refractivity contribution < 1.29 is 14.6 Å². The molecule has 1 aliphatic heterocycles. The summed E-state index contributed by atoms with van der Waals surface area (Å²) in [5.74, 6) is 3.46. The number of rotatable bonds is 4. The van der Waals surface area contributed by atoms with Crippen LogP contribution in [-0.2, 0) is 9.47 Å². The van der Waals surface area contributed by atoms with Crippen molar-refractivity contribution in [3.63, 3.8) is 0 Å². The fourth-order valence-corrected chi connectivity index (χ4v) is 12.8. The molecule has 216 valence electrons. The van der Waals surface area contributed by atoms with Gasteiger partial charge in [-0.05, 0) is 147 Å². The first-order chi connectivity index (χ1) is 17.9. The zero-order valence-corrected chi connectivity index (χ0v) is 25.6. The van der Waals surface area contributed by atoms with Crippen LogP contribution in [0.1, 0.15) is 125 Å². The maximum absolute atomic E-state index is 10.8. The van der Waals surface area contributed by atoms with E-state index in [1.54, 1.807) is 0 Å². The maximum atomic E-state index is 10.8. The van der Waals surface area contributed by atoms with E-state index in [4.69, 9.17) is 9.47 Å². The SMILES string of the molecule is C=C(C)[C@@H]1CC[C@]2(CO)CC[C@]3(C)[C@H](CC[C@@H]4[C@@]5(C)CC[C@H](OC6CCCCO6)C(C)(C)[C@@H]5CC[C@]43C)[C@@H]12. The molecule has 5 saturated carbocycles. The summed E-state index contributed by atoms with van der Waals surface area (Å²) in [5.41, 5.74) is 2.82. The molecule has 1 saturated heterocycles. The second kappa shape index (κ2) is 9.32. The van der Waals surface area contributed by atoms with E-state index >= 15 is 0 Å². The molecule has 3 nitrogen and oxygen atoms in total. The van der Waals surface area contributed by atoms with Crippen LogP contribution in [0.15, 0.2) is 12.2 Å². The van der Waals surface area contributed by atoms with E-state index in [0.717, 1.165) is 24.9 Å². The molecular formula is C35H58O3. The van der Waals surface area contributed by atoms with Crippen LogP contribution >= 0.6 is 0 Å². The molecule has 1 heterocycles. The summed E-state index contributed by atoms with van der Waals surface area (Å²) in [7, 11) is 0. The number of aliphatic hydroxyl groups excluding tert-OH is 1. The third-order valence-electron chi connectivity index (χ3n) is 14.9. The highest BCUT2D eigenvalue weighted by molar-refractivity contribution is 5.21. The van der Waals surface area contributed by atoms with Crippen LogP contribution in [0.3, 0.4) is 0 Å². The van der Waals surface area contributed by atoms with Crippen molar-refractivity contribution in [2.45, 2.75) is 137 Å². The molecule has 6 aliphatic rings. The predicted molar refractivity (Wildman–Crippen MR) is 155 cm³/mol. The fourth-order valence-electron chi connectivity index (χ4n) is 12.8. The summed E-state index contributed by atoms with van der Waals surface area (Å²) in [6.07, 6.45) is 16.7. The molecule has 0 radical (unpaired) electrons. The van der Waals surface area contributed by atoms with E-state index in [2.05, 4.69) is 48.1 Å². The van der Waals surface area contributed by atoms with Gasteiger partial charge in [0.1, 0.15) is 0 Å². The lowest BCUT2D eigenvalue weighted by Gasteiger charge is -2.73. The van der Waals surface area contributed by atoms with Gasteiger partial charge in [0.2, 0.25) is 0 Å². The molecular weight excluding hydrogens is 468 g/mol. The van der Waals surface area contributed by atoms with Crippen molar-refractivity contribution in [1.29, 1.82) is 0 Å². The number of ether oxygens (including phenoxy) is 2. The number of hydrogen-bond acceptors (Lipinski definition) is 3. The van der Waals surface area contributed by atoms with Crippen molar-refractivity contribution in [2.24, 2.45) is 56.7 Å². The average molecular weight is 527 g/mol. The number of hydrogen-bond donors (Lipinski definition) is 1. The van der Waals surface area contributed by atoms with Crippen molar-refractivity contribution >= 4 is 0 Å². The largest absolute Gasteiger partial charge is 0.396 e. The van der Waals surface area contributed by atoms with Gasteiger partial charge in [-0.25, -0.2) is 0 Å². The topological polar surface area (TPSA) is 38.7 Å². The van der Waals surface area contributed by atoms with Gasteiger partial charge in [0, 0.05) is 13.2 Å². The van der Waals surface area contributed by atoms with E-state index in [1.807, 2.05) is 0 Å². The van der Waals surface area contributed by atoms with Gasteiger partial charge in [0.05, 0.1) is 6.10 Å². The van der Waals surface area contributed by atoms with Gasteiger partial charge in [-0.3, -0.25) is 0 Å². The van der Waals surface area contributed by atoms with Crippen molar-refractivity contribution in [3.05, 3.63) is 12.2 Å². The van der Waals surface area contributed by atoms with Gasteiger partial charge >= 0.3 is 0 Å². The minimum Gasteiger partial charge on any atom is -0.396 e. The highest BCUT2D eigenvalue weighted by Crippen LogP contribution is 2.77. The standard InChI is InChI=1S/C35H58O3/c1-23(2)24-13-18-35(22-36)20-19-33(6)25(30(24)35)11-12-27-32(5)16-15-28(38-29-10-8-9-21-37-29)31(3,4)26(32)14-17-34(27,33)7/h24-30,36H,1,8-22H2,2-7H3/t24-,25+,26-,27+,28-,29?,30+,32-,33+,34+,35+/m0/s1. The minimum absolute atomic E-state index is 0.0160. The molecule has 6 rings (SSSR count). The summed E-state index contributed by atoms with van der Waals surface area (Å²) in [6.45, 7) is 21.2. The second-order valence-corrected chi connectivity index (χ2v) is 16.5. The lowest BCUT2D eigenvalue weighted by Crippen LogP contribution is -2.67. The van der Waals surface area contributed by atoms with E-state index in [0.29, 0.717) is 46.7 Å². The predicted octanol–water partition coefficient (Wildman–Crippen LogP) is 8.55. The molecule has 0 aromatic carbocycles. The molecule has 0 aromatic rings. The highest BCUT2D eigenvalue weighted by Gasteiger charge is 2.70. The quantitative estimate of drug-likeness (QED) is 0.295. The van der Waals surface area contributed by atoms with Crippen LogP contribution in [0.5, 0.6) is 0 Å². The molecule has 1 unspecified atom stereocenters. The van der Waals surface area contributed by atoms with Gasteiger partial charge < -0.3 is 14.6 Å². The Morgan fingerprint density at radius 3 is 2.32 bits per heavy atom. The summed E-state index contributed by atoms with van der Waals surface area (Å²) in [4.78, 5) is 0. The molecule has 11 atom stereocenters. The first kappa shape index (κ1) is 27.8. The molecule has 5 aliphatic carbocycles. The van der Waals surface area contributed by atoms with Gasteiger partial charge in [0.25, 0.3) is 0 Å². The summed E-state index contributed by atoms with van der Waals surface area (Å²) in [5, 5.41) is 10.8. The molecule has 6 fully saturated rings. The summed E-state index contributed by atoms with van der Waals surface area (Å²) < 4.78 is 12.8. The third-order valence-corrected chi connectivity index (χ3v) is 14.9. The Hall–Kier alpha value is -0.380. The van der Waals surface area contributed by atoms with Crippen molar-refractivity contribution in [1.82, 2.24) is 0 Å². The maximum Gasteiger partial charge on any atom is 0.157 e. The van der Waals surface area contributed by atoms with Gasteiger partial charge in [-0.2, -0.15) is 0 Å². The van der Waals surface area contributed by atoms with Crippen molar-refractivity contribution in [2.75, 3.05) is 13.2 Å². The smallest absolute Gasteiger partial charge is 0.157 e. The van der Waals surface area contributed by atoms with E-state index in [9.17, 15) is 5.11 Å². The first-order valence-electron chi connectivity index (χ1n) is 16.5. The van der Waals surface area contributed by atoms with Crippen LogP contribution in [-0.4, -0.2) is 30.7 Å². The van der Waals surface area contributed by atoms with Crippen LogP contribution in [0.2, 0.25) is 0 Å². The van der Waals surface area contributed by atoms with Gasteiger partial charge in [-0.15, -0.1) is 0 Å². The Balaban J connectivity index is 1.29. The molecule has 0 bridgehead atoms. The van der Waals surface area contributed by atoms with E-state index in [1.165, 1.54) is 82.6 Å². The van der Waals surface area contributed by atoms with E-state index in [-0.39, 0.29) is 17.1 Å².